The molecule has 5 atom stereocenters. The predicted octanol–water partition coefficient (Wildman–Crippen LogP) is -0.588. The van der Waals surface area contributed by atoms with Crippen LogP contribution in [0, 0.1) is 28.1 Å². The molecular formula is C11H8O6. The van der Waals surface area contributed by atoms with Crippen molar-refractivity contribution in [2.75, 3.05) is 0 Å². The molecule has 4 rings (SSSR count). The van der Waals surface area contributed by atoms with Crippen molar-refractivity contribution in [3.05, 3.63) is 0 Å². The van der Waals surface area contributed by atoms with E-state index in [1.165, 1.54) is 0 Å². The van der Waals surface area contributed by atoms with Crippen molar-refractivity contribution < 1.29 is 28.7 Å². The third-order valence-electron chi connectivity index (χ3n) is 5.28. The lowest BCUT2D eigenvalue weighted by atomic mass is 9.56. The SMILES string of the molecule is CC12C(=O)OC(=O)C1C13C(=O)OC(=O)C1(C)C23. The maximum atomic E-state index is 11.8. The van der Waals surface area contributed by atoms with Gasteiger partial charge >= 0.3 is 23.9 Å². The van der Waals surface area contributed by atoms with Gasteiger partial charge in [0.1, 0.15) is 5.41 Å². The minimum absolute atomic E-state index is 0.444. The summed E-state index contributed by atoms with van der Waals surface area (Å²) in [6.45, 7) is 3.18. The topological polar surface area (TPSA) is 86.7 Å². The summed E-state index contributed by atoms with van der Waals surface area (Å²) in [6, 6.07) is 0. The molecule has 0 amide bonds. The Morgan fingerprint density at radius 3 is 2.24 bits per heavy atom. The van der Waals surface area contributed by atoms with Crippen molar-refractivity contribution in [1.82, 2.24) is 0 Å². The van der Waals surface area contributed by atoms with E-state index in [1.54, 1.807) is 13.8 Å². The molecule has 0 aromatic heterocycles. The molecule has 4 aliphatic rings. The second-order valence-corrected chi connectivity index (χ2v) is 5.61. The lowest BCUT2D eigenvalue weighted by molar-refractivity contribution is -0.172. The fourth-order valence-electron chi connectivity index (χ4n) is 4.67. The van der Waals surface area contributed by atoms with Crippen LogP contribution in [0.4, 0.5) is 0 Å². The molecule has 2 heterocycles. The van der Waals surface area contributed by atoms with Crippen LogP contribution in [0.3, 0.4) is 0 Å². The van der Waals surface area contributed by atoms with Crippen molar-refractivity contribution in [3.63, 3.8) is 0 Å². The number of cyclic esters (lactones) is 4. The summed E-state index contributed by atoms with van der Waals surface area (Å²) in [4.78, 5) is 46.8. The number of hydrogen-bond donors (Lipinski definition) is 0. The standard InChI is InChI=1S/C11H8O6/c1-9-3(4(12)16-6(9)13)11-5(9)10(11,2)7(14)17-8(11)15/h3,5H,1-2H3. The van der Waals surface area contributed by atoms with Crippen LogP contribution in [0.1, 0.15) is 13.8 Å². The van der Waals surface area contributed by atoms with Gasteiger partial charge in [0.05, 0.1) is 16.7 Å². The van der Waals surface area contributed by atoms with Crippen LogP contribution in [0.25, 0.3) is 0 Å². The van der Waals surface area contributed by atoms with Gasteiger partial charge in [-0.25, -0.2) is 0 Å². The third-order valence-corrected chi connectivity index (χ3v) is 5.28. The van der Waals surface area contributed by atoms with Gasteiger partial charge in [0.25, 0.3) is 0 Å². The molecular weight excluding hydrogens is 228 g/mol. The molecule has 2 aliphatic heterocycles. The highest BCUT2D eigenvalue weighted by Gasteiger charge is 3.05. The molecule has 6 heteroatoms. The number of ether oxygens (including phenoxy) is 2. The summed E-state index contributed by atoms with van der Waals surface area (Å²) < 4.78 is 9.18. The molecule has 0 radical (unpaired) electrons. The lowest BCUT2D eigenvalue weighted by Gasteiger charge is -2.39. The van der Waals surface area contributed by atoms with Crippen molar-refractivity contribution in [2.45, 2.75) is 13.8 Å². The number of rotatable bonds is 0. The first kappa shape index (κ1) is 9.32. The van der Waals surface area contributed by atoms with E-state index in [0.717, 1.165) is 0 Å². The van der Waals surface area contributed by atoms with E-state index in [0.29, 0.717) is 0 Å². The molecule has 88 valence electrons. The smallest absolute Gasteiger partial charge is 0.322 e. The molecule has 2 saturated heterocycles. The first-order valence-corrected chi connectivity index (χ1v) is 5.37. The quantitative estimate of drug-likeness (QED) is 0.413. The first-order valence-electron chi connectivity index (χ1n) is 5.37. The Morgan fingerprint density at radius 1 is 0.941 bits per heavy atom. The molecule has 0 N–H and O–H groups in total. The molecule has 0 aromatic rings. The van der Waals surface area contributed by atoms with Crippen molar-refractivity contribution in [3.8, 4) is 0 Å². The van der Waals surface area contributed by atoms with Gasteiger partial charge < -0.3 is 9.47 Å². The zero-order valence-corrected chi connectivity index (χ0v) is 9.10. The molecule has 2 aliphatic carbocycles. The average Bonchev–Trinajstić information content (AvgIpc) is 2.57. The highest BCUT2D eigenvalue weighted by Crippen LogP contribution is 2.93. The largest absolute Gasteiger partial charge is 0.392 e. The molecule has 0 bridgehead atoms. The number of esters is 4. The monoisotopic (exact) mass is 236 g/mol. The van der Waals surface area contributed by atoms with Crippen LogP contribution >= 0.6 is 0 Å². The predicted molar refractivity (Wildman–Crippen MR) is 47.8 cm³/mol. The summed E-state index contributed by atoms with van der Waals surface area (Å²) in [6.07, 6.45) is 0. The number of carbonyl (C=O) groups excluding carboxylic acids is 4. The van der Waals surface area contributed by atoms with Crippen LogP contribution in [0.5, 0.6) is 0 Å². The van der Waals surface area contributed by atoms with E-state index in [4.69, 9.17) is 0 Å². The van der Waals surface area contributed by atoms with Crippen molar-refractivity contribution in [1.29, 1.82) is 0 Å². The number of carbonyl (C=O) groups is 4. The molecule has 6 nitrogen and oxygen atoms in total. The van der Waals surface area contributed by atoms with Crippen LogP contribution in [-0.4, -0.2) is 23.9 Å². The van der Waals surface area contributed by atoms with Crippen LogP contribution in [-0.2, 0) is 28.7 Å². The van der Waals surface area contributed by atoms with Gasteiger partial charge in [0.15, 0.2) is 0 Å². The molecule has 0 aromatic carbocycles. The van der Waals surface area contributed by atoms with Gasteiger partial charge in [0.2, 0.25) is 0 Å². The summed E-state index contributed by atoms with van der Waals surface area (Å²) >= 11 is 0. The summed E-state index contributed by atoms with van der Waals surface area (Å²) in [5.41, 5.74) is -3.17. The van der Waals surface area contributed by atoms with Crippen LogP contribution < -0.4 is 0 Å². The lowest BCUT2D eigenvalue weighted by Crippen LogP contribution is -2.53. The van der Waals surface area contributed by atoms with Crippen molar-refractivity contribution in [2.24, 2.45) is 28.1 Å². The highest BCUT2D eigenvalue weighted by atomic mass is 16.6. The minimum atomic E-state index is -1.12. The molecule has 17 heavy (non-hydrogen) atoms. The normalized spacial score (nSPS) is 57.8. The zero-order valence-electron chi connectivity index (χ0n) is 9.10. The van der Waals surface area contributed by atoms with E-state index in [9.17, 15) is 19.2 Å². The third kappa shape index (κ3) is 0.505. The summed E-state index contributed by atoms with van der Waals surface area (Å²) in [7, 11) is 0. The van der Waals surface area contributed by atoms with Gasteiger partial charge in [-0.1, -0.05) is 0 Å². The maximum Gasteiger partial charge on any atom is 0.322 e. The van der Waals surface area contributed by atoms with E-state index >= 15 is 0 Å². The van der Waals surface area contributed by atoms with E-state index in [2.05, 4.69) is 9.47 Å². The highest BCUT2D eigenvalue weighted by molar-refractivity contribution is 6.18. The average molecular weight is 236 g/mol. The van der Waals surface area contributed by atoms with E-state index in [1.807, 2.05) is 0 Å². The summed E-state index contributed by atoms with van der Waals surface area (Å²) in [5, 5.41) is 0. The van der Waals surface area contributed by atoms with Gasteiger partial charge in [-0.3, -0.25) is 19.2 Å². The minimum Gasteiger partial charge on any atom is -0.392 e. The Balaban J connectivity index is 1.97. The Hall–Kier alpha value is -1.72. The Bertz CT molecular complexity index is 544. The molecule has 2 saturated carbocycles. The zero-order chi connectivity index (χ0) is 12.4. The second kappa shape index (κ2) is 1.91. The van der Waals surface area contributed by atoms with Gasteiger partial charge in [0, 0.05) is 5.92 Å². The fraction of sp³-hybridized carbons (Fsp3) is 0.636. The van der Waals surface area contributed by atoms with Crippen LogP contribution in [0.2, 0.25) is 0 Å². The van der Waals surface area contributed by atoms with E-state index < -0.39 is 52.0 Å². The van der Waals surface area contributed by atoms with Gasteiger partial charge in [-0.15, -0.1) is 0 Å². The second-order valence-electron chi connectivity index (χ2n) is 5.61. The fourth-order valence-corrected chi connectivity index (χ4v) is 4.67. The van der Waals surface area contributed by atoms with Crippen molar-refractivity contribution >= 4 is 23.9 Å². The maximum absolute atomic E-state index is 11.8. The van der Waals surface area contributed by atoms with E-state index in [-0.39, 0.29) is 0 Å². The summed E-state index contributed by atoms with van der Waals surface area (Å²) in [5.74, 6) is -3.92. The number of fused-ring (bicyclic) bond motifs is 3. The molecule has 5 unspecified atom stereocenters. The molecule has 4 fully saturated rings. The van der Waals surface area contributed by atoms with Gasteiger partial charge in [-0.05, 0) is 13.8 Å². The Labute approximate surface area is 95.2 Å². The first-order chi connectivity index (χ1) is 7.84. The Kier molecular flexibility index (Phi) is 1.05. The molecule has 1 spiro atoms. The van der Waals surface area contributed by atoms with Crippen LogP contribution in [0.15, 0.2) is 0 Å². The number of hydrogen-bond acceptors (Lipinski definition) is 6. The van der Waals surface area contributed by atoms with Gasteiger partial charge in [-0.2, -0.15) is 0 Å². The Morgan fingerprint density at radius 2 is 1.59 bits per heavy atom.